The van der Waals surface area contributed by atoms with Gasteiger partial charge in [-0.05, 0) is 66.9 Å². The molecule has 0 bridgehead atoms. The molecule has 0 heterocycles. The lowest BCUT2D eigenvalue weighted by molar-refractivity contribution is 0.0755. The average Bonchev–Trinajstić information content (AvgIpc) is 2.89. The predicted molar refractivity (Wildman–Crippen MR) is 146 cm³/mol. The van der Waals surface area contributed by atoms with Gasteiger partial charge in [0.15, 0.2) is 5.75 Å². The second-order valence-electron chi connectivity index (χ2n) is 8.36. The quantitative estimate of drug-likeness (QED) is 0.201. The number of rotatable bonds is 14. The first kappa shape index (κ1) is 27.7. The zero-order chi connectivity index (χ0) is 25.8. The molecule has 0 aromatic heterocycles. The summed E-state index contributed by atoms with van der Waals surface area (Å²) in [5.74, 6) is 2.00. The van der Waals surface area contributed by atoms with Crippen molar-refractivity contribution in [2.45, 2.75) is 39.7 Å². The highest BCUT2D eigenvalue weighted by molar-refractivity contribution is 6.37. The predicted octanol–water partition coefficient (Wildman–Crippen LogP) is 7.68. The third kappa shape index (κ3) is 8.35. The Morgan fingerprint density at radius 1 is 0.778 bits per heavy atom. The average molecular weight is 530 g/mol. The molecule has 3 aromatic rings. The van der Waals surface area contributed by atoms with Crippen molar-refractivity contribution < 1.29 is 19.0 Å². The number of amides is 1. The van der Waals surface area contributed by atoms with Crippen LogP contribution < -0.4 is 14.2 Å². The van der Waals surface area contributed by atoms with Crippen molar-refractivity contribution in [3.05, 3.63) is 87.9 Å². The molecule has 0 fully saturated rings. The summed E-state index contributed by atoms with van der Waals surface area (Å²) >= 11 is 12.8. The van der Waals surface area contributed by atoms with Crippen molar-refractivity contribution in [1.29, 1.82) is 0 Å². The van der Waals surface area contributed by atoms with Crippen LogP contribution in [0.3, 0.4) is 0 Å². The summed E-state index contributed by atoms with van der Waals surface area (Å²) in [7, 11) is 0. The Morgan fingerprint density at radius 2 is 1.36 bits per heavy atom. The van der Waals surface area contributed by atoms with Crippen LogP contribution in [0.2, 0.25) is 10.0 Å². The van der Waals surface area contributed by atoms with Gasteiger partial charge in [0, 0.05) is 25.1 Å². The minimum absolute atomic E-state index is 0.0602. The molecule has 0 N–H and O–H groups in total. The van der Waals surface area contributed by atoms with Gasteiger partial charge in [-0.3, -0.25) is 4.79 Å². The van der Waals surface area contributed by atoms with Crippen LogP contribution in [0.4, 0.5) is 0 Å². The summed E-state index contributed by atoms with van der Waals surface area (Å²) in [4.78, 5) is 14.6. The van der Waals surface area contributed by atoms with Gasteiger partial charge in [-0.2, -0.15) is 0 Å². The van der Waals surface area contributed by atoms with Gasteiger partial charge in [-0.1, -0.05) is 55.2 Å². The van der Waals surface area contributed by atoms with Gasteiger partial charge in [-0.25, -0.2) is 0 Å². The smallest absolute Gasteiger partial charge is 0.253 e. The van der Waals surface area contributed by atoms with Crippen LogP contribution in [0.25, 0.3) is 0 Å². The zero-order valence-electron chi connectivity index (χ0n) is 20.8. The van der Waals surface area contributed by atoms with Crippen molar-refractivity contribution in [2.24, 2.45) is 0 Å². The summed E-state index contributed by atoms with van der Waals surface area (Å²) in [6.45, 7) is 6.91. The first-order valence-electron chi connectivity index (χ1n) is 12.3. The lowest BCUT2D eigenvalue weighted by Gasteiger charge is -2.21. The van der Waals surface area contributed by atoms with Gasteiger partial charge in [0.05, 0.1) is 23.3 Å². The molecule has 0 aliphatic heterocycles. The van der Waals surface area contributed by atoms with Crippen molar-refractivity contribution in [3.63, 3.8) is 0 Å². The van der Waals surface area contributed by atoms with Crippen LogP contribution >= 0.6 is 23.2 Å². The van der Waals surface area contributed by atoms with E-state index in [0.717, 1.165) is 37.2 Å². The van der Waals surface area contributed by atoms with E-state index in [1.54, 1.807) is 12.1 Å². The Balaban J connectivity index is 1.43. The van der Waals surface area contributed by atoms with Crippen molar-refractivity contribution in [2.75, 3.05) is 26.3 Å². The Kier molecular flexibility index (Phi) is 11.2. The van der Waals surface area contributed by atoms with E-state index in [1.807, 2.05) is 59.5 Å². The molecular weight excluding hydrogens is 497 g/mol. The first-order chi connectivity index (χ1) is 17.5. The number of nitrogens with zero attached hydrogens (tertiary/aromatic N) is 1. The molecule has 1 amide bonds. The first-order valence-corrected chi connectivity index (χ1v) is 13.1. The molecule has 0 spiro atoms. The summed E-state index contributed by atoms with van der Waals surface area (Å²) < 4.78 is 17.4. The maximum Gasteiger partial charge on any atom is 0.253 e. The zero-order valence-corrected chi connectivity index (χ0v) is 22.4. The van der Waals surface area contributed by atoms with Gasteiger partial charge in [0.25, 0.3) is 5.91 Å². The van der Waals surface area contributed by atoms with Crippen molar-refractivity contribution >= 4 is 29.1 Å². The standard InChI is InChI=1S/C29H33Cl2NO4/c1-3-15-32(16-4-2)29(33)23-11-13-25(14-12-23)34-17-8-18-35-28-26(30)19-22(20-27(28)31)21-36-24-9-6-5-7-10-24/h5-7,9-14,19-20H,3-4,8,15-18,21H2,1-2H3. The number of hydrogen-bond acceptors (Lipinski definition) is 4. The normalized spacial score (nSPS) is 10.7. The lowest BCUT2D eigenvalue weighted by Crippen LogP contribution is -2.32. The minimum atomic E-state index is 0.0602. The van der Waals surface area contributed by atoms with Crippen LogP contribution in [0.15, 0.2) is 66.7 Å². The molecule has 0 aliphatic rings. The molecule has 7 heteroatoms. The number of para-hydroxylation sites is 1. The van der Waals surface area contributed by atoms with Gasteiger partial charge in [0.1, 0.15) is 18.1 Å². The van der Waals surface area contributed by atoms with E-state index in [0.29, 0.717) is 53.3 Å². The van der Waals surface area contributed by atoms with E-state index >= 15 is 0 Å². The Hall–Kier alpha value is -2.89. The van der Waals surface area contributed by atoms with Gasteiger partial charge < -0.3 is 19.1 Å². The third-order valence-corrected chi connectivity index (χ3v) is 5.95. The molecule has 0 saturated carbocycles. The molecule has 0 aliphatic carbocycles. The summed E-state index contributed by atoms with van der Waals surface area (Å²) in [6, 6.07) is 20.4. The van der Waals surface area contributed by atoms with Gasteiger partial charge in [0.2, 0.25) is 0 Å². The van der Waals surface area contributed by atoms with E-state index in [-0.39, 0.29) is 5.91 Å². The maximum absolute atomic E-state index is 12.7. The second kappa shape index (κ2) is 14.6. The Bertz CT molecular complexity index is 1060. The van der Waals surface area contributed by atoms with E-state index in [2.05, 4.69) is 13.8 Å². The highest BCUT2D eigenvalue weighted by Crippen LogP contribution is 2.34. The number of halogens is 2. The molecule has 0 unspecified atom stereocenters. The number of benzene rings is 3. The van der Waals surface area contributed by atoms with E-state index in [1.165, 1.54) is 0 Å². The summed E-state index contributed by atoms with van der Waals surface area (Å²) in [6.07, 6.45) is 2.53. The molecular formula is C29H33Cl2NO4. The Morgan fingerprint density at radius 3 is 1.97 bits per heavy atom. The molecule has 0 saturated heterocycles. The minimum Gasteiger partial charge on any atom is -0.493 e. The van der Waals surface area contributed by atoms with Crippen LogP contribution in [-0.4, -0.2) is 37.1 Å². The molecule has 36 heavy (non-hydrogen) atoms. The SMILES string of the molecule is CCCN(CCC)C(=O)c1ccc(OCCCOc2c(Cl)cc(COc3ccccc3)cc2Cl)cc1. The van der Waals surface area contributed by atoms with Crippen LogP contribution in [0.5, 0.6) is 17.2 Å². The number of carbonyl (C=O) groups excluding carboxylic acids is 1. The summed E-state index contributed by atoms with van der Waals surface area (Å²) in [5.41, 5.74) is 1.54. The van der Waals surface area contributed by atoms with E-state index < -0.39 is 0 Å². The molecule has 3 aromatic carbocycles. The van der Waals surface area contributed by atoms with E-state index in [9.17, 15) is 4.79 Å². The highest BCUT2D eigenvalue weighted by atomic mass is 35.5. The lowest BCUT2D eigenvalue weighted by atomic mass is 10.2. The van der Waals surface area contributed by atoms with Gasteiger partial charge >= 0.3 is 0 Å². The van der Waals surface area contributed by atoms with Gasteiger partial charge in [-0.15, -0.1) is 0 Å². The fraction of sp³-hybridized carbons (Fsp3) is 0.345. The van der Waals surface area contributed by atoms with Crippen LogP contribution in [-0.2, 0) is 6.61 Å². The molecule has 0 atom stereocenters. The molecule has 0 radical (unpaired) electrons. The number of hydrogen-bond donors (Lipinski definition) is 0. The fourth-order valence-corrected chi connectivity index (χ4v) is 4.31. The maximum atomic E-state index is 12.7. The molecule has 192 valence electrons. The largest absolute Gasteiger partial charge is 0.493 e. The summed E-state index contributed by atoms with van der Waals surface area (Å²) in [5, 5.41) is 0.881. The molecule has 5 nitrogen and oxygen atoms in total. The fourth-order valence-electron chi connectivity index (χ4n) is 3.67. The van der Waals surface area contributed by atoms with Crippen molar-refractivity contribution in [3.8, 4) is 17.2 Å². The van der Waals surface area contributed by atoms with Crippen molar-refractivity contribution in [1.82, 2.24) is 4.90 Å². The molecule has 3 rings (SSSR count). The van der Waals surface area contributed by atoms with E-state index in [4.69, 9.17) is 37.4 Å². The Labute approximate surface area is 223 Å². The van der Waals surface area contributed by atoms with Crippen LogP contribution in [0.1, 0.15) is 49.0 Å². The second-order valence-corrected chi connectivity index (χ2v) is 9.17. The van der Waals surface area contributed by atoms with Crippen LogP contribution in [0, 0.1) is 0 Å². The third-order valence-electron chi connectivity index (χ3n) is 5.39. The topological polar surface area (TPSA) is 48.0 Å². The number of ether oxygens (including phenoxy) is 3. The number of carbonyl (C=O) groups is 1. The monoisotopic (exact) mass is 529 g/mol. The highest BCUT2D eigenvalue weighted by Gasteiger charge is 2.14.